The number of hydrogen-bond donors (Lipinski definition) is 1. The van der Waals surface area contributed by atoms with Gasteiger partial charge in [0, 0.05) is 23.7 Å². The quantitative estimate of drug-likeness (QED) is 0.940. The Morgan fingerprint density at radius 1 is 1.30 bits per heavy atom. The molecule has 0 aliphatic heterocycles. The van der Waals surface area contributed by atoms with Crippen molar-refractivity contribution in [2.75, 3.05) is 0 Å². The minimum absolute atomic E-state index is 0.108. The molecule has 2 aromatic heterocycles. The van der Waals surface area contributed by atoms with E-state index in [1.54, 1.807) is 0 Å². The number of hydrogen-bond acceptors (Lipinski definition) is 5. The van der Waals surface area contributed by atoms with Crippen LogP contribution in [0.3, 0.4) is 0 Å². The normalized spacial score (nSPS) is 13.4. The lowest BCUT2D eigenvalue weighted by Gasteiger charge is -2.18. The lowest BCUT2D eigenvalue weighted by molar-refractivity contribution is 0.178. The molecule has 2 rings (SSSR count). The summed E-state index contributed by atoms with van der Waals surface area (Å²) in [5.74, 6) is 0. The molecule has 4 nitrogen and oxygen atoms in total. The predicted molar refractivity (Wildman–Crippen MR) is 80.9 cm³/mol. The smallest absolute Gasteiger partial charge is 0.0972 e. The van der Waals surface area contributed by atoms with Gasteiger partial charge in [0.2, 0.25) is 0 Å². The minimum atomic E-state index is -0.593. The molecular formula is C15H21N3OS. The Labute approximate surface area is 124 Å². The van der Waals surface area contributed by atoms with E-state index in [-0.39, 0.29) is 5.41 Å². The molecule has 0 radical (unpaired) electrons. The highest BCUT2D eigenvalue weighted by molar-refractivity contribution is 7.05. The van der Waals surface area contributed by atoms with Gasteiger partial charge in [-0.25, -0.2) is 0 Å². The van der Waals surface area contributed by atoms with E-state index in [1.807, 2.05) is 12.3 Å². The maximum Gasteiger partial charge on any atom is 0.0972 e. The third-order valence-electron chi connectivity index (χ3n) is 3.22. The summed E-state index contributed by atoms with van der Waals surface area (Å²) in [5.41, 5.74) is 2.87. The molecule has 2 aromatic rings. The molecule has 0 aromatic carbocycles. The summed E-state index contributed by atoms with van der Waals surface area (Å²) < 4.78 is 3.99. The lowest BCUT2D eigenvalue weighted by Crippen LogP contribution is -2.16. The van der Waals surface area contributed by atoms with Crippen molar-refractivity contribution in [2.45, 2.75) is 52.1 Å². The van der Waals surface area contributed by atoms with E-state index < -0.39 is 6.10 Å². The van der Waals surface area contributed by atoms with Gasteiger partial charge in [-0.15, -0.1) is 5.10 Å². The first-order chi connectivity index (χ1) is 9.41. The van der Waals surface area contributed by atoms with E-state index >= 15 is 0 Å². The summed E-state index contributed by atoms with van der Waals surface area (Å²) in [5, 5.41) is 14.6. The summed E-state index contributed by atoms with van der Waals surface area (Å²) in [6.45, 7) is 8.33. The monoisotopic (exact) mass is 291 g/mol. The molecule has 1 N–H and O–H groups in total. The van der Waals surface area contributed by atoms with Gasteiger partial charge in [-0.2, -0.15) is 0 Å². The zero-order valence-electron chi connectivity index (χ0n) is 12.4. The Bertz CT molecular complexity index is 557. The first-order valence-electron chi connectivity index (χ1n) is 6.86. The van der Waals surface area contributed by atoms with Crippen LogP contribution in [-0.2, 0) is 18.3 Å². The average Bonchev–Trinajstić information content (AvgIpc) is 2.89. The number of aromatic nitrogens is 3. The summed E-state index contributed by atoms with van der Waals surface area (Å²) in [6.07, 6.45) is 2.75. The van der Waals surface area contributed by atoms with Gasteiger partial charge in [0.25, 0.3) is 0 Å². The van der Waals surface area contributed by atoms with E-state index in [1.165, 1.54) is 17.1 Å². The summed E-state index contributed by atoms with van der Waals surface area (Å²) in [6, 6.07) is 4.04. The third kappa shape index (κ3) is 3.41. The van der Waals surface area contributed by atoms with Crippen molar-refractivity contribution >= 4 is 11.5 Å². The molecule has 1 unspecified atom stereocenters. The van der Waals surface area contributed by atoms with Crippen LogP contribution in [0.15, 0.2) is 18.3 Å². The third-order valence-corrected chi connectivity index (χ3v) is 4.05. The molecular weight excluding hydrogens is 270 g/mol. The maximum absolute atomic E-state index is 10.4. The van der Waals surface area contributed by atoms with Gasteiger partial charge in [-0.3, -0.25) is 4.98 Å². The van der Waals surface area contributed by atoms with Crippen LogP contribution >= 0.6 is 11.5 Å². The Hall–Kier alpha value is -1.33. The van der Waals surface area contributed by atoms with E-state index in [4.69, 9.17) is 0 Å². The van der Waals surface area contributed by atoms with Crippen molar-refractivity contribution in [3.05, 3.63) is 40.2 Å². The van der Waals surface area contributed by atoms with Crippen molar-refractivity contribution in [2.24, 2.45) is 0 Å². The molecule has 0 fully saturated rings. The molecule has 0 bridgehead atoms. The molecule has 108 valence electrons. The first-order valence-corrected chi connectivity index (χ1v) is 7.63. The fourth-order valence-corrected chi connectivity index (χ4v) is 2.86. The van der Waals surface area contributed by atoms with Crippen molar-refractivity contribution < 1.29 is 5.11 Å². The summed E-state index contributed by atoms with van der Waals surface area (Å²) in [4.78, 5) is 5.24. The van der Waals surface area contributed by atoms with E-state index in [9.17, 15) is 5.11 Å². The maximum atomic E-state index is 10.4. The second kappa shape index (κ2) is 5.97. The van der Waals surface area contributed by atoms with Gasteiger partial charge >= 0.3 is 0 Å². The molecule has 20 heavy (non-hydrogen) atoms. The molecule has 0 spiro atoms. The summed E-state index contributed by atoms with van der Waals surface area (Å²) in [7, 11) is 0. The van der Waals surface area contributed by atoms with E-state index in [0.717, 1.165) is 22.7 Å². The van der Waals surface area contributed by atoms with Crippen LogP contribution < -0.4 is 0 Å². The zero-order valence-corrected chi connectivity index (χ0v) is 13.2. The van der Waals surface area contributed by atoms with Crippen LogP contribution in [0.1, 0.15) is 55.6 Å². The number of aliphatic hydroxyl groups is 1. The average molecular weight is 291 g/mol. The number of nitrogens with zero attached hydrogens (tertiary/aromatic N) is 3. The van der Waals surface area contributed by atoms with Gasteiger partial charge in [-0.05, 0) is 29.6 Å². The molecule has 0 aliphatic rings. The van der Waals surface area contributed by atoms with Crippen LogP contribution in [0.5, 0.6) is 0 Å². The Balaban J connectivity index is 2.15. The van der Waals surface area contributed by atoms with Gasteiger partial charge in [-0.1, -0.05) is 38.2 Å². The lowest BCUT2D eigenvalue weighted by atomic mass is 9.90. The second-order valence-corrected chi connectivity index (χ2v) is 6.75. The van der Waals surface area contributed by atoms with Crippen molar-refractivity contribution in [3.8, 4) is 0 Å². The van der Waals surface area contributed by atoms with E-state index in [0.29, 0.717) is 6.42 Å². The molecule has 1 atom stereocenters. The summed E-state index contributed by atoms with van der Waals surface area (Å²) >= 11 is 1.27. The molecule has 0 amide bonds. The second-order valence-electron chi connectivity index (χ2n) is 5.97. The van der Waals surface area contributed by atoms with Gasteiger partial charge < -0.3 is 5.11 Å². The standard InChI is InChI=1S/C15H21N3OS/c1-5-10-6-7-11(16-9-10)8-12(19)13-14(15(2,3)4)17-18-20-13/h6-7,9,12,19H,5,8H2,1-4H3. The largest absolute Gasteiger partial charge is 0.387 e. The molecule has 2 heterocycles. The molecule has 0 saturated heterocycles. The topological polar surface area (TPSA) is 58.9 Å². The SMILES string of the molecule is CCc1ccc(CC(O)c2snnc2C(C)(C)C)nc1. The predicted octanol–water partition coefficient (Wildman–Crippen LogP) is 3.07. The highest BCUT2D eigenvalue weighted by Gasteiger charge is 2.26. The van der Waals surface area contributed by atoms with Gasteiger partial charge in [0.05, 0.1) is 16.7 Å². The Kier molecular flexibility index (Phi) is 4.50. The van der Waals surface area contributed by atoms with Crippen LogP contribution in [0.25, 0.3) is 0 Å². The van der Waals surface area contributed by atoms with Crippen LogP contribution in [-0.4, -0.2) is 19.7 Å². The number of pyridine rings is 1. The Morgan fingerprint density at radius 2 is 2.05 bits per heavy atom. The molecule has 5 heteroatoms. The fraction of sp³-hybridized carbons (Fsp3) is 0.533. The first kappa shape index (κ1) is 15.1. The fourth-order valence-electron chi connectivity index (χ4n) is 2.01. The number of aryl methyl sites for hydroxylation is 1. The molecule has 0 aliphatic carbocycles. The highest BCUT2D eigenvalue weighted by atomic mass is 32.1. The van der Waals surface area contributed by atoms with Gasteiger partial charge in [0.1, 0.15) is 0 Å². The number of aliphatic hydroxyl groups excluding tert-OH is 1. The Morgan fingerprint density at radius 3 is 2.60 bits per heavy atom. The van der Waals surface area contributed by atoms with Crippen LogP contribution in [0.4, 0.5) is 0 Å². The zero-order chi connectivity index (χ0) is 14.8. The van der Waals surface area contributed by atoms with Crippen LogP contribution in [0, 0.1) is 0 Å². The number of rotatable bonds is 4. The molecule has 0 saturated carbocycles. The minimum Gasteiger partial charge on any atom is -0.387 e. The highest BCUT2D eigenvalue weighted by Crippen LogP contribution is 2.31. The van der Waals surface area contributed by atoms with Crippen LogP contribution in [0.2, 0.25) is 0 Å². The van der Waals surface area contributed by atoms with Crippen molar-refractivity contribution in [3.63, 3.8) is 0 Å². The van der Waals surface area contributed by atoms with E-state index in [2.05, 4.69) is 48.3 Å². The van der Waals surface area contributed by atoms with Crippen molar-refractivity contribution in [1.82, 2.24) is 14.6 Å². The van der Waals surface area contributed by atoms with Gasteiger partial charge in [0.15, 0.2) is 0 Å². The van der Waals surface area contributed by atoms with Crippen molar-refractivity contribution in [1.29, 1.82) is 0 Å².